The number of nitriles is 1. The van der Waals surface area contributed by atoms with Gasteiger partial charge < -0.3 is 10.2 Å². The third kappa shape index (κ3) is 3.28. The van der Waals surface area contributed by atoms with E-state index in [0.717, 1.165) is 45.2 Å². The summed E-state index contributed by atoms with van der Waals surface area (Å²) < 4.78 is 0. The van der Waals surface area contributed by atoms with E-state index in [2.05, 4.69) is 11.4 Å². The van der Waals surface area contributed by atoms with E-state index in [1.165, 1.54) is 6.07 Å². The maximum atomic E-state index is 12.7. The first-order valence-electron chi connectivity index (χ1n) is 9.24. The number of amides is 1. The second-order valence-electron chi connectivity index (χ2n) is 7.16. The zero-order chi connectivity index (χ0) is 19.0. The maximum Gasteiger partial charge on any atom is 0.293 e. The van der Waals surface area contributed by atoms with Crippen LogP contribution in [0, 0.1) is 27.4 Å². The van der Waals surface area contributed by atoms with Gasteiger partial charge in [-0.1, -0.05) is 6.42 Å². The Hall–Kier alpha value is -2.53. The number of carbonyl (C=O) groups excluding carboxylic acids is 1. The quantitative estimate of drug-likeness (QED) is 0.629. The Morgan fingerprint density at radius 2 is 2.07 bits per heavy atom. The van der Waals surface area contributed by atoms with Crippen LogP contribution in [0.1, 0.15) is 42.5 Å². The van der Waals surface area contributed by atoms with Gasteiger partial charge in [0, 0.05) is 35.9 Å². The van der Waals surface area contributed by atoms with Crippen molar-refractivity contribution in [3.8, 4) is 6.07 Å². The molecule has 140 valence electrons. The number of benzene rings is 1. The molecule has 0 radical (unpaired) electrons. The Kier molecular flexibility index (Phi) is 4.79. The van der Waals surface area contributed by atoms with Gasteiger partial charge in [-0.3, -0.25) is 14.9 Å². The molecule has 2 atom stereocenters. The van der Waals surface area contributed by atoms with Crippen LogP contribution in [0.2, 0.25) is 0 Å². The lowest BCUT2D eigenvalue weighted by Gasteiger charge is -2.18. The van der Waals surface area contributed by atoms with Crippen molar-refractivity contribution in [2.24, 2.45) is 5.92 Å². The van der Waals surface area contributed by atoms with Crippen LogP contribution < -0.4 is 10.2 Å². The summed E-state index contributed by atoms with van der Waals surface area (Å²) in [5.74, 6) is -0.177. The number of allylic oxidation sites excluding steroid dienone is 1. The predicted molar refractivity (Wildman–Crippen MR) is 103 cm³/mol. The molecule has 1 saturated carbocycles. The third-order valence-corrected chi connectivity index (χ3v) is 6.99. The lowest BCUT2D eigenvalue weighted by molar-refractivity contribution is -0.384. The molecule has 1 N–H and O–H groups in total. The van der Waals surface area contributed by atoms with E-state index >= 15 is 0 Å². The first kappa shape index (κ1) is 17.9. The molecular weight excluding hydrogens is 364 g/mol. The Labute approximate surface area is 161 Å². The molecule has 4 rings (SSSR count). The lowest BCUT2D eigenvalue weighted by atomic mass is 9.99. The third-order valence-electron chi connectivity index (χ3n) is 5.57. The van der Waals surface area contributed by atoms with Crippen LogP contribution in [0.25, 0.3) is 0 Å². The molecule has 1 aromatic rings. The zero-order valence-electron chi connectivity index (χ0n) is 14.8. The van der Waals surface area contributed by atoms with Crippen LogP contribution in [0.4, 0.5) is 11.4 Å². The van der Waals surface area contributed by atoms with Gasteiger partial charge in [0.15, 0.2) is 0 Å². The normalized spacial score (nSPS) is 24.0. The summed E-state index contributed by atoms with van der Waals surface area (Å²) in [4.78, 5) is 25.8. The fraction of sp³-hybridized carbons (Fsp3) is 0.474. The minimum absolute atomic E-state index is 0.0463. The van der Waals surface area contributed by atoms with Crippen molar-refractivity contribution >= 4 is 29.0 Å². The van der Waals surface area contributed by atoms with Gasteiger partial charge in [0.1, 0.15) is 5.69 Å². The summed E-state index contributed by atoms with van der Waals surface area (Å²) in [7, 11) is 0. The van der Waals surface area contributed by atoms with Gasteiger partial charge in [0.2, 0.25) is 0 Å². The van der Waals surface area contributed by atoms with E-state index in [4.69, 9.17) is 0 Å². The molecule has 27 heavy (non-hydrogen) atoms. The van der Waals surface area contributed by atoms with E-state index in [0.29, 0.717) is 21.5 Å². The summed E-state index contributed by atoms with van der Waals surface area (Å²) in [5.41, 5.74) is 1.41. The number of thioether (sulfide) groups is 1. The molecule has 2 fully saturated rings. The summed E-state index contributed by atoms with van der Waals surface area (Å²) in [6, 6.07) is 6.88. The number of hydrogen-bond acceptors (Lipinski definition) is 6. The predicted octanol–water partition coefficient (Wildman–Crippen LogP) is 3.58. The van der Waals surface area contributed by atoms with E-state index in [1.54, 1.807) is 23.9 Å². The summed E-state index contributed by atoms with van der Waals surface area (Å²) in [6.07, 6.45) is 5.18. The SMILES string of the molecule is N#CC1=C(NC(=O)c2ccc(N3CCCC3)c([N+](=O)[O-])c2)S[C@@H]2CCC[C@@H]12. The van der Waals surface area contributed by atoms with Gasteiger partial charge in [0.25, 0.3) is 11.6 Å². The van der Waals surface area contributed by atoms with E-state index < -0.39 is 10.8 Å². The highest BCUT2D eigenvalue weighted by Crippen LogP contribution is 2.49. The van der Waals surface area contributed by atoms with Gasteiger partial charge in [-0.25, -0.2) is 0 Å². The van der Waals surface area contributed by atoms with Crippen LogP contribution in [0.5, 0.6) is 0 Å². The van der Waals surface area contributed by atoms with Crippen molar-refractivity contribution in [1.82, 2.24) is 5.32 Å². The Balaban J connectivity index is 1.58. The Morgan fingerprint density at radius 3 is 2.78 bits per heavy atom. The molecule has 0 aromatic heterocycles. The molecule has 1 saturated heterocycles. The average molecular weight is 384 g/mol. The number of anilines is 1. The van der Waals surface area contributed by atoms with Crippen LogP contribution in [-0.4, -0.2) is 29.2 Å². The second-order valence-corrected chi connectivity index (χ2v) is 8.41. The number of nitro benzene ring substituents is 1. The van der Waals surface area contributed by atoms with Crippen molar-refractivity contribution in [3.05, 3.63) is 44.5 Å². The minimum atomic E-state index is -0.431. The molecule has 3 aliphatic rings. The van der Waals surface area contributed by atoms with Gasteiger partial charge in [-0.15, -0.1) is 11.8 Å². The number of fused-ring (bicyclic) bond motifs is 1. The van der Waals surface area contributed by atoms with Crippen molar-refractivity contribution in [2.45, 2.75) is 37.4 Å². The molecule has 2 aliphatic heterocycles. The first-order chi connectivity index (χ1) is 13.1. The summed E-state index contributed by atoms with van der Waals surface area (Å²) >= 11 is 1.55. The highest BCUT2D eigenvalue weighted by atomic mass is 32.2. The molecule has 1 amide bonds. The van der Waals surface area contributed by atoms with Gasteiger partial charge in [0.05, 0.1) is 21.6 Å². The highest BCUT2D eigenvalue weighted by molar-refractivity contribution is 8.04. The summed E-state index contributed by atoms with van der Waals surface area (Å²) in [5, 5.41) is 24.8. The topological polar surface area (TPSA) is 99.3 Å². The molecule has 1 aromatic carbocycles. The molecular formula is C19H20N4O3S. The molecule has 0 spiro atoms. The fourth-order valence-corrected chi connectivity index (χ4v) is 5.72. The van der Waals surface area contributed by atoms with E-state index in [9.17, 15) is 20.2 Å². The van der Waals surface area contributed by atoms with Gasteiger partial charge >= 0.3 is 0 Å². The number of hydrogen-bond donors (Lipinski definition) is 1. The largest absolute Gasteiger partial charge is 0.366 e. The number of nitrogens with zero attached hydrogens (tertiary/aromatic N) is 3. The van der Waals surface area contributed by atoms with Crippen LogP contribution >= 0.6 is 11.8 Å². The molecule has 8 heteroatoms. The number of nitrogens with one attached hydrogen (secondary N) is 1. The van der Waals surface area contributed by atoms with Crippen molar-refractivity contribution in [3.63, 3.8) is 0 Å². The van der Waals surface area contributed by atoms with Crippen molar-refractivity contribution < 1.29 is 9.72 Å². The van der Waals surface area contributed by atoms with Crippen molar-refractivity contribution in [2.75, 3.05) is 18.0 Å². The second kappa shape index (κ2) is 7.24. The molecule has 7 nitrogen and oxygen atoms in total. The maximum absolute atomic E-state index is 12.7. The Morgan fingerprint density at radius 1 is 1.30 bits per heavy atom. The highest BCUT2D eigenvalue weighted by Gasteiger charge is 2.39. The van der Waals surface area contributed by atoms with Crippen LogP contribution in [-0.2, 0) is 0 Å². The molecule has 0 bridgehead atoms. The van der Waals surface area contributed by atoms with E-state index in [1.807, 2.05) is 4.90 Å². The van der Waals surface area contributed by atoms with Crippen LogP contribution in [0.3, 0.4) is 0 Å². The number of carbonyl (C=O) groups is 1. The average Bonchev–Trinajstić information content (AvgIpc) is 3.38. The zero-order valence-corrected chi connectivity index (χ0v) is 15.6. The Bertz CT molecular complexity index is 870. The van der Waals surface area contributed by atoms with Gasteiger partial charge in [-0.05, 0) is 37.8 Å². The van der Waals surface area contributed by atoms with Crippen molar-refractivity contribution in [1.29, 1.82) is 5.26 Å². The summed E-state index contributed by atoms with van der Waals surface area (Å²) in [6.45, 7) is 1.59. The minimum Gasteiger partial charge on any atom is -0.366 e. The fourth-order valence-electron chi connectivity index (χ4n) is 4.22. The van der Waals surface area contributed by atoms with E-state index in [-0.39, 0.29) is 17.2 Å². The van der Waals surface area contributed by atoms with Gasteiger partial charge in [-0.2, -0.15) is 5.26 Å². The first-order valence-corrected chi connectivity index (χ1v) is 10.1. The molecule has 1 aliphatic carbocycles. The lowest BCUT2D eigenvalue weighted by Crippen LogP contribution is -2.23. The monoisotopic (exact) mass is 384 g/mol. The standard InChI is InChI=1S/C19H20N4O3S/c20-11-14-13-4-3-5-17(13)27-19(14)21-18(24)12-6-7-15(16(10-12)23(25)26)22-8-1-2-9-22/h6-7,10,13,17H,1-5,8-9H2,(H,21,24)/t13-,17+/m0/s1. The number of rotatable bonds is 4. The number of nitro groups is 1. The molecule has 2 heterocycles. The smallest absolute Gasteiger partial charge is 0.293 e. The molecule has 0 unspecified atom stereocenters. The van der Waals surface area contributed by atoms with Crippen LogP contribution in [0.15, 0.2) is 28.8 Å².